The van der Waals surface area contributed by atoms with E-state index < -0.39 is 17.7 Å². The molecule has 0 saturated carbocycles. The second kappa shape index (κ2) is 8.33. The van der Waals surface area contributed by atoms with Gasteiger partial charge in [0.15, 0.2) is 0 Å². The Balaban J connectivity index is 1.82. The highest BCUT2D eigenvalue weighted by Crippen LogP contribution is 2.19. The number of hydrogen-bond donors (Lipinski definition) is 3. The van der Waals surface area contributed by atoms with Gasteiger partial charge in [-0.25, -0.2) is 9.59 Å². The van der Waals surface area contributed by atoms with Crippen LogP contribution >= 0.6 is 0 Å². The lowest BCUT2D eigenvalue weighted by atomic mass is 10.1. The van der Waals surface area contributed by atoms with Crippen LogP contribution in [0, 0.1) is 0 Å². The molecule has 0 atom stereocenters. The summed E-state index contributed by atoms with van der Waals surface area (Å²) in [7, 11) is 0. The number of alkyl carbamates (subject to hydrolysis) is 1. The Morgan fingerprint density at radius 2 is 1.96 bits per heavy atom. The van der Waals surface area contributed by atoms with Crippen LogP contribution in [0.15, 0.2) is 36.4 Å². The summed E-state index contributed by atoms with van der Waals surface area (Å²) in [5, 5.41) is 18.1. The van der Waals surface area contributed by atoms with Gasteiger partial charge < -0.3 is 15.2 Å². The van der Waals surface area contributed by atoms with E-state index in [1.165, 1.54) is 6.07 Å². The highest BCUT2D eigenvalue weighted by Gasteiger charge is 2.15. The number of carboxylic acids is 1. The number of hydrogen-bond acceptors (Lipinski definition) is 4. The first-order chi connectivity index (χ1) is 12.2. The fourth-order valence-corrected chi connectivity index (χ4v) is 2.14. The van der Waals surface area contributed by atoms with Crippen LogP contribution in [0.5, 0.6) is 0 Å². The number of aromatic nitrogens is 2. The van der Waals surface area contributed by atoms with Crippen LogP contribution in [0.2, 0.25) is 0 Å². The molecule has 2 aromatic rings. The third-order valence-electron chi connectivity index (χ3n) is 3.30. The van der Waals surface area contributed by atoms with E-state index in [0.29, 0.717) is 18.7 Å². The van der Waals surface area contributed by atoms with Crippen molar-refractivity contribution in [3.63, 3.8) is 0 Å². The number of carbonyl (C=O) groups excluding carboxylic acids is 1. The summed E-state index contributed by atoms with van der Waals surface area (Å²) in [5.41, 5.74) is 1.97. The van der Waals surface area contributed by atoms with Crippen molar-refractivity contribution in [2.24, 2.45) is 0 Å². The van der Waals surface area contributed by atoms with Crippen molar-refractivity contribution in [3.8, 4) is 11.3 Å². The molecule has 0 aliphatic carbocycles. The number of H-pyrrole nitrogens is 1. The largest absolute Gasteiger partial charge is 0.477 e. The minimum absolute atomic E-state index is 0.0569. The molecular formula is C19H23N3O4. The molecule has 3 N–H and O–H groups in total. The summed E-state index contributed by atoms with van der Waals surface area (Å²) in [5.74, 6) is -1.04. The molecular weight excluding hydrogens is 334 g/mol. The van der Waals surface area contributed by atoms with Gasteiger partial charge in [-0.3, -0.25) is 5.10 Å². The van der Waals surface area contributed by atoms with Crippen LogP contribution in [-0.2, 0) is 4.74 Å². The Morgan fingerprint density at radius 3 is 2.54 bits per heavy atom. The lowest BCUT2D eigenvalue weighted by molar-refractivity contribution is 0.0528. The average molecular weight is 357 g/mol. The van der Waals surface area contributed by atoms with E-state index in [0.717, 1.165) is 11.1 Å². The van der Waals surface area contributed by atoms with Crippen molar-refractivity contribution >= 4 is 18.1 Å². The third kappa shape index (κ3) is 6.08. The van der Waals surface area contributed by atoms with E-state index in [-0.39, 0.29) is 5.69 Å². The van der Waals surface area contributed by atoms with Crippen LogP contribution in [0.4, 0.5) is 4.79 Å². The summed E-state index contributed by atoms with van der Waals surface area (Å²) < 4.78 is 5.15. The molecule has 1 aromatic heterocycles. The van der Waals surface area contributed by atoms with E-state index >= 15 is 0 Å². The number of benzene rings is 1. The van der Waals surface area contributed by atoms with Gasteiger partial charge in [0.2, 0.25) is 0 Å². The predicted molar refractivity (Wildman–Crippen MR) is 98.9 cm³/mol. The van der Waals surface area contributed by atoms with Gasteiger partial charge >= 0.3 is 12.1 Å². The van der Waals surface area contributed by atoms with Crippen molar-refractivity contribution in [1.82, 2.24) is 15.5 Å². The molecule has 0 aliphatic rings. The summed E-state index contributed by atoms with van der Waals surface area (Å²) in [6.45, 7) is 5.96. The molecule has 0 spiro atoms. The monoisotopic (exact) mass is 357 g/mol. The molecule has 1 aromatic carbocycles. The van der Waals surface area contributed by atoms with Crippen molar-refractivity contribution < 1.29 is 19.4 Å². The number of carboxylic acid groups (broad SMARTS) is 1. The number of aromatic amines is 1. The third-order valence-corrected chi connectivity index (χ3v) is 3.30. The first-order valence-electron chi connectivity index (χ1n) is 8.27. The number of rotatable bonds is 6. The van der Waals surface area contributed by atoms with E-state index in [1.54, 1.807) is 0 Å². The average Bonchev–Trinajstić information content (AvgIpc) is 3.04. The normalized spacial score (nSPS) is 11.5. The van der Waals surface area contributed by atoms with Crippen LogP contribution in [0.3, 0.4) is 0 Å². The van der Waals surface area contributed by atoms with Gasteiger partial charge in [0.1, 0.15) is 11.3 Å². The Kier molecular flexibility index (Phi) is 6.16. The van der Waals surface area contributed by atoms with Crippen LogP contribution in [0.1, 0.15) is 43.2 Å². The van der Waals surface area contributed by atoms with Crippen LogP contribution in [-0.4, -0.2) is 39.5 Å². The molecule has 1 amide bonds. The molecule has 1 heterocycles. The van der Waals surface area contributed by atoms with Gasteiger partial charge in [0.25, 0.3) is 0 Å². The van der Waals surface area contributed by atoms with E-state index in [1.807, 2.05) is 57.2 Å². The smallest absolute Gasteiger partial charge is 0.407 e. The standard InChI is InChI=1S/C19H23N3O4/c1-19(2,3)26-18(25)20-11-5-4-6-13-7-9-14(10-8-13)15-12-16(17(23)24)22-21-15/h4,6-10,12H,5,11H2,1-3H3,(H,20,25)(H,21,22)(H,23,24). The molecule has 0 bridgehead atoms. The Bertz CT molecular complexity index is 786. The number of ether oxygens (including phenoxy) is 1. The highest BCUT2D eigenvalue weighted by atomic mass is 16.6. The Morgan fingerprint density at radius 1 is 1.27 bits per heavy atom. The quantitative estimate of drug-likeness (QED) is 0.684. The van der Waals surface area contributed by atoms with Crippen molar-refractivity contribution in [2.75, 3.05) is 6.54 Å². The Hall–Kier alpha value is -3.09. The number of aromatic carboxylic acids is 1. The van der Waals surface area contributed by atoms with Crippen molar-refractivity contribution in [1.29, 1.82) is 0 Å². The molecule has 0 saturated heterocycles. The summed E-state index contributed by atoms with van der Waals surface area (Å²) >= 11 is 0. The minimum Gasteiger partial charge on any atom is -0.477 e. The van der Waals surface area contributed by atoms with E-state index in [2.05, 4.69) is 15.5 Å². The maximum atomic E-state index is 11.5. The van der Waals surface area contributed by atoms with Gasteiger partial charge in [0, 0.05) is 12.1 Å². The number of carbonyl (C=O) groups is 2. The fraction of sp³-hybridized carbons (Fsp3) is 0.316. The number of amides is 1. The number of nitrogens with one attached hydrogen (secondary N) is 2. The summed E-state index contributed by atoms with van der Waals surface area (Å²) in [4.78, 5) is 22.4. The molecule has 7 heteroatoms. The number of nitrogens with zero attached hydrogens (tertiary/aromatic N) is 1. The zero-order valence-corrected chi connectivity index (χ0v) is 15.1. The van der Waals surface area contributed by atoms with Gasteiger partial charge in [-0.15, -0.1) is 0 Å². The highest BCUT2D eigenvalue weighted by molar-refractivity contribution is 5.86. The zero-order chi connectivity index (χ0) is 19.2. The van der Waals surface area contributed by atoms with Crippen LogP contribution < -0.4 is 5.32 Å². The summed E-state index contributed by atoms with van der Waals surface area (Å²) in [6.07, 6.45) is 4.18. The maximum Gasteiger partial charge on any atom is 0.407 e. The summed E-state index contributed by atoms with van der Waals surface area (Å²) in [6, 6.07) is 9.08. The van der Waals surface area contributed by atoms with E-state index in [4.69, 9.17) is 9.84 Å². The second-order valence-corrected chi connectivity index (χ2v) is 6.71. The molecule has 0 aliphatic heterocycles. The second-order valence-electron chi connectivity index (χ2n) is 6.71. The topological polar surface area (TPSA) is 104 Å². The first kappa shape index (κ1) is 19.2. The van der Waals surface area contributed by atoms with Gasteiger partial charge in [0.05, 0.1) is 5.69 Å². The zero-order valence-electron chi connectivity index (χ0n) is 15.1. The molecule has 0 fully saturated rings. The molecule has 0 unspecified atom stereocenters. The molecule has 26 heavy (non-hydrogen) atoms. The Labute approximate surface area is 152 Å². The van der Waals surface area contributed by atoms with E-state index in [9.17, 15) is 9.59 Å². The molecule has 2 rings (SSSR count). The van der Waals surface area contributed by atoms with Gasteiger partial charge in [-0.1, -0.05) is 36.4 Å². The lowest BCUT2D eigenvalue weighted by Gasteiger charge is -2.19. The minimum atomic E-state index is -1.04. The molecule has 7 nitrogen and oxygen atoms in total. The lowest BCUT2D eigenvalue weighted by Crippen LogP contribution is -2.32. The first-order valence-corrected chi connectivity index (χ1v) is 8.27. The SMILES string of the molecule is CC(C)(C)OC(=O)NCCC=Cc1ccc(-c2cc(C(=O)O)[nH]n2)cc1. The molecule has 138 valence electrons. The van der Waals surface area contributed by atoms with Crippen molar-refractivity contribution in [2.45, 2.75) is 32.8 Å². The van der Waals surface area contributed by atoms with Crippen molar-refractivity contribution in [3.05, 3.63) is 47.7 Å². The molecule has 0 radical (unpaired) electrons. The fourth-order valence-electron chi connectivity index (χ4n) is 2.14. The van der Waals surface area contributed by atoms with Gasteiger partial charge in [-0.2, -0.15) is 5.10 Å². The van der Waals surface area contributed by atoms with Gasteiger partial charge in [-0.05, 0) is 38.8 Å². The maximum absolute atomic E-state index is 11.5. The van der Waals surface area contributed by atoms with Crippen LogP contribution in [0.25, 0.3) is 17.3 Å². The predicted octanol–water partition coefficient (Wildman–Crippen LogP) is 3.70.